The van der Waals surface area contributed by atoms with E-state index in [9.17, 15) is 13.2 Å². The minimum Gasteiger partial charge on any atom is -0.348 e. The first-order chi connectivity index (χ1) is 9.44. The first-order valence-electron chi connectivity index (χ1n) is 6.70. The molecule has 2 rings (SSSR count). The van der Waals surface area contributed by atoms with Crippen LogP contribution in [-0.2, 0) is 17.1 Å². The lowest BCUT2D eigenvalue weighted by molar-refractivity contribution is 0.0914. The Morgan fingerprint density at radius 2 is 2.10 bits per heavy atom. The zero-order valence-electron chi connectivity index (χ0n) is 11.7. The second-order valence-electron chi connectivity index (χ2n) is 4.89. The minimum atomic E-state index is -3.12. The van der Waals surface area contributed by atoms with Gasteiger partial charge in [0.15, 0.2) is 0 Å². The lowest BCUT2D eigenvalue weighted by atomic mass is 10.1. The summed E-state index contributed by atoms with van der Waals surface area (Å²) >= 11 is 0. The molecule has 20 heavy (non-hydrogen) atoms. The van der Waals surface area contributed by atoms with Gasteiger partial charge in [-0.1, -0.05) is 0 Å². The molecule has 0 unspecified atom stereocenters. The molecule has 112 valence electrons. The zero-order chi connectivity index (χ0) is 14.8. The van der Waals surface area contributed by atoms with Gasteiger partial charge in [-0.05, 0) is 25.8 Å². The largest absolute Gasteiger partial charge is 0.348 e. The average Bonchev–Trinajstić information content (AvgIpc) is 2.85. The summed E-state index contributed by atoms with van der Waals surface area (Å²) in [4.78, 5) is 12.0. The van der Waals surface area contributed by atoms with Gasteiger partial charge in [0.05, 0.1) is 5.75 Å². The van der Waals surface area contributed by atoms with Crippen molar-refractivity contribution in [2.75, 3.05) is 18.8 Å². The number of piperidine rings is 1. The predicted molar refractivity (Wildman–Crippen MR) is 74.7 cm³/mol. The summed E-state index contributed by atoms with van der Waals surface area (Å²) in [5.74, 6) is -0.0409. The number of sulfonamides is 1. The zero-order valence-corrected chi connectivity index (χ0v) is 12.6. The summed E-state index contributed by atoms with van der Waals surface area (Å²) < 4.78 is 26.5. The molecular formula is C12H20N4O3S. The normalized spacial score (nSPS) is 18.1. The maximum Gasteiger partial charge on any atom is 0.269 e. The fourth-order valence-corrected chi connectivity index (χ4v) is 3.45. The monoisotopic (exact) mass is 300 g/mol. The number of rotatable bonds is 4. The van der Waals surface area contributed by atoms with Crippen LogP contribution in [0, 0.1) is 0 Å². The van der Waals surface area contributed by atoms with Crippen molar-refractivity contribution in [3.05, 3.63) is 18.0 Å². The van der Waals surface area contributed by atoms with Crippen LogP contribution in [0.1, 0.15) is 30.3 Å². The third-order valence-electron chi connectivity index (χ3n) is 3.60. The summed E-state index contributed by atoms with van der Waals surface area (Å²) in [6.07, 6.45) is 2.86. The van der Waals surface area contributed by atoms with Gasteiger partial charge in [0, 0.05) is 32.4 Å². The molecule has 0 radical (unpaired) electrons. The van der Waals surface area contributed by atoms with E-state index in [2.05, 4.69) is 10.4 Å². The highest BCUT2D eigenvalue weighted by molar-refractivity contribution is 7.89. The Morgan fingerprint density at radius 3 is 2.60 bits per heavy atom. The molecule has 1 aromatic heterocycles. The molecule has 0 atom stereocenters. The van der Waals surface area contributed by atoms with Crippen LogP contribution >= 0.6 is 0 Å². The maximum atomic E-state index is 12.0. The number of nitrogens with one attached hydrogen (secondary N) is 1. The van der Waals surface area contributed by atoms with Crippen molar-refractivity contribution in [2.24, 2.45) is 7.05 Å². The number of carbonyl (C=O) groups is 1. The predicted octanol–water partition coefficient (Wildman–Crippen LogP) is -0.0360. The Balaban J connectivity index is 1.89. The highest BCUT2D eigenvalue weighted by Gasteiger charge is 2.27. The molecule has 2 heterocycles. The fourth-order valence-electron chi connectivity index (χ4n) is 2.32. The van der Waals surface area contributed by atoms with Gasteiger partial charge in [0.2, 0.25) is 10.0 Å². The average molecular weight is 300 g/mol. The summed E-state index contributed by atoms with van der Waals surface area (Å²) in [5, 5.41) is 6.89. The molecular weight excluding hydrogens is 280 g/mol. The first-order valence-corrected chi connectivity index (χ1v) is 8.31. The summed E-state index contributed by atoms with van der Waals surface area (Å²) in [7, 11) is -1.40. The molecule has 0 bridgehead atoms. The Kier molecular flexibility index (Phi) is 4.44. The van der Waals surface area contributed by atoms with Crippen molar-refractivity contribution in [1.29, 1.82) is 0 Å². The van der Waals surface area contributed by atoms with Gasteiger partial charge in [-0.25, -0.2) is 12.7 Å². The fraction of sp³-hybridized carbons (Fsp3) is 0.667. The Labute approximate surface area is 119 Å². The van der Waals surface area contributed by atoms with Crippen molar-refractivity contribution in [3.8, 4) is 0 Å². The molecule has 0 aliphatic carbocycles. The Hall–Kier alpha value is -1.41. The molecule has 1 fully saturated rings. The van der Waals surface area contributed by atoms with Crippen molar-refractivity contribution >= 4 is 15.9 Å². The standard InChI is InChI=1S/C12H20N4O3S/c1-3-20(18,19)16-8-5-10(6-9-16)14-12(17)11-4-7-13-15(11)2/h4,7,10H,3,5-6,8-9H2,1-2H3,(H,14,17). The maximum absolute atomic E-state index is 12.0. The molecule has 0 spiro atoms. The molecule has 1 aliphatic heterocycles. The minimum absolute atomic E-state index is 0.0145. The molecule has 0 aromatic carbocycles. The topological polar surface area (TPSA) is 84.3 Å². The molecule has 8 heteroatoms. The Morgan fingerprint density at radius 1 is 1.45 bits per heavy atom. The van der Waals surface area contributed by atoms with E-state index in [0.29, 0.717) is 31.6 Å². The van der Waals surface area contributed by atoms with E-state index in [4.69, 9.17) is 0 Å². The first kappa shape index (κ1) is 15.0. The lowest BCUT2D eigenvalue weighted by Gasteiger charge is -2.31. The molecule has 1 amide bonds. The molecule has 1 saturated heterocycles. The quantitative estimate of drug-likeness (QED) is 0.846. The van der Waals surface area contributed by atoms with Crippen molar-refractivity contribution < 1.29 is 13.2 Å². The molecule has 1 aliphatic rings. The molecule has 7 nitrogen and oxygen atoms in total. The lowest BCUT2D eigenvalue weighted by Crippen LogP contribution is -2.47. The number of hydrogen-bond acceptors (Lipinski definition) is 4. The summed E-state index contributed by atoms with van der Waals surface area (Å²) in [6, 6.07) is 1.67. The smallest absolute Gasteiger partial charge is 0.269 e. The van der Waals surface area contributed by atoms with Gasteiger partial charge >= 0.3 is 0 Å². The van der Waals surface area contributed by atoms with Crippen LogP contribution in [0.5, 0.6) is 0 Å². The van der Waals surface area contributed by atoms with Crippen LogP contribution in [-0.4, -0.2) is 53.3 Å². The Bertz CT molecular complexity index is 573. The van der Waals surface area contributed by atoms with Crippen molar-refractivity contribution in [1.82, 2.24) is 19.4 Å². The SMILES string of the molecule is CCS(=O)(=O)N1CCC(NC(=O)c2ccnn2C)CC1. The van der Waals surface area contributed by atoms with E-state index < -0.39 is 10.0 Å². The number of carbonyl (C=O) groups excluding carboxylic acids is 1. The van der Waals surface area contributed by atoms with Gasteiger partial charge in [-0.2, -0.15) is 5.10 Å². The van der Waals surface area contributed by atoms with Crippen LogP contribution in [0.4, 0.5) is 0 Å². The van der Waals surface area contributed by atoms with E-state index in [1.807, 2.05) is 0 Å². The van der Waals surface area contributed by atoms with Crippen LogP contribution < -0.4 is 5.32 Å². The van der Waals surface area contributed by atoms with Crippen LogP contribution in [0.25, 0.3) is 0 Å². The van der Waals surface area contributed by atoms with Crippen LogP contribution in [0.3, 0.4) is 0 Å². The molecule has 1 aromatic rings. The third kappa shape index (κ3) is 3.18. The second-order valence-corrected chi connectivity index (χ2v) is 7.14. The number of amides is 1. The molecule has 1 N–H and O–H groups in total. The second kappa shape index (κ2) is 5.92. The van der Waals surface area contributed by atoms with E-state index in [1.54, 1.807) is 26.2 Å². The summed E-state index contributed by atoms with van der Waals surface area (Å²) in [5.41, 5.74) is 0.508. The van der Waals surface area contributed by atoms with E-state index in [1.165, 1.54) is 8.99 Å². The number of nitrogens with zero attached hydrogens (tertiary/aromatic N) is 3. The van der Waals surface area contributed by atoms with E-state index in [0.717, 1.165) is 0 Å². The van der Waals surface area contributed by atoms with Gasteiger partial charge in [0.25, 0.3) is 5.91 Å². The van der Waals surface area contributed by atoms with Gasteiger partial charge in [-0.15, -0.1) is 0 Å². The van der Waals surface area contributed by atoms with Gasteiger partial charge in [-0.3, -0.25) is 9.48 Å². The number of aromatic nitrogens is 2. The number of hydrogen-bond donors (Lipinski definition) is 1. The highest BCUT2D eigenvalue weighted by Crippen LogP contribution is 2.14. The van der Waals surface area contributed by atoms with Gasteiger partial charge in [0.1, 0.15) is 5.69 Å². The summed E-state index contributed by atoms with van der Waals surface area (Å²) in [6.45, 7) is 2.57. The van der Waals surface area contributed by atoms with Crippen molar-refractivity contribution in [2.45, 2.75) is 25.8 Å². The van der Waals surface area contributed by atoms with Gasteiger partial charge < -0.3 is 5.32 Å². The van der Waals surface area contributed by atoms with E-state index in [-0.39, 0.29) is 17.7 Å². The van der Waals surface area contributed by atoms with E-state index >= 15 is 0 Å². The van der Waals surface area contributed by atoms with Crippen LogP contribution in [0.2, 0.25) is 0 Å². The molecule has 0 saturated carbocycles. The van der Waals surface area contributed by atoms with Crippen molar-refractivity contribution in [3.63, 3.8) is 0 Å². The third-order valence-corrected chi connectivity index (χ3v) is 5.48. The highest BCUT2D eigenvalue weighted by atomic mass is 32.2. The number of aryl methyl sites for hydroxylation is 1. The van der Waals surface area contributed by atoms with Crippen LogP contribution in [0.15, 0.2) is 12.3 Å².